The molecule has 1 N–H and O–H groups in total. The van der Waals surface area contributed by atoms with Gasteiger partial charge in [-0.05, 0) is 37.8 Å². The first-order valence-electron chi connectivity index (χ1n) is 8.72. The van der Waals surface area contributed by atoms with Crippen LogP contribution in [-0.4, -0.2) is 24.7 Å². The summed E-state index contributed by atoms with van der Waals surface area (Å²) in [6, 6.07) is 1.89. The van der Waals surface area contributed by atoms with E-state index >= 15 is 0 Å². The summed E-state index contributed by atoms with van der Waals surface area (Å²) in [5.74, 6) is 2.77. The molecule has 0 saturated heterocycles. The SMILES string of the molecule is Cc1occc1-c1nnc(SCc2nc3sc4c(c3c(=O)[nH]2)CCC4)n1C. The predicted molar refractivity (Wildman–Crippen MR) is 105 cm³/mol. The Hall–Kier alpha value is -2.39. The molecule has 0 amide bonds. The average Bonchev–Trinajstić information content (AvgIpc) is 3.38. The lowest BCUT2D eigenvalue weighted by atomic mass is 10.2. The van der Waals surface area contributed by atoms with Crippen molar-refractivity contribution in [3.05, 3.63) is 44.7 Å². The quantitative estimate of drug-likeness (QED) is 0.529. The Kier molecular flexibility index (Phi) is 3.94. The fraction of sp³-hybridized carbons (Fsp3) is 0.333. The van der Waals surface area contributed by atoms with E-state index < -0.39 is 0 Å². The number of aryl methyl sites for hydroxylation is 3. The number of furan rings is 1. The van der Waals surface area contributed by atoms with Gasteiger partial charge in [-0.25, -0.2) is 4.98 Å². The minimum absolute atomic E-state index is 0.0253. The van der Waals surface area contributed by atoms with Gasteiger partial charge in [0.2, 0.25) is 0 Å². The van der Waals surface area contributed by atoms with E-state index in [9.17, 15) is 4.79 Å². The summed E-state index contributed by atoms with van der Waals surface area (Å²) in [6.45, 7) is 1.90. The van der Waals surface area contributed by atoms with E-state index in [0.717, 1.165) is 51.8 Å². The second kappa shape index (κ2) is 6.35. The van der Waals surface area contributed by atoms with E-state index in [-0.39, 0.29) is 5.56 Å². The molecule has 0 aliphatic heterocycles. The molecule has 0 saturated carbocycles. The van der Waals surface area contributed by atoms with Crippen molar-refractivity contribution >= 4 is 33.3 Å². The molecule has 5 rings (SSSR count). The number of hydrogen-bond donors (Lipinski definition) is 1. The van der Waals surface area contributed by atoms with Crippen molar-refractivity contribution in [1.29, 1.82) is 0 Å². The van der Waals surface area contributed by atoms with Gasteiger partial charge in [-0.2, -0.15) is 0 Å². The van der Waals surface area contributed by atoms with E-state index in [0.29, 0.717) is 11.6 Å². The molecule has 7 nitrogen and oxygen atoms in total. The summed E-state index contributed by atoms with van der Waals surface area (Å²) in [7, 11) is 1.92. The Bertz CT molecular complexity index is 1220. The van der Waals surface area contributed by atoms with Gasteiger partial charge in [0.1, 0.15) is 16.4 Å². The van der Waals surface area contributed by atoms with E-state index in [2.05, 4.69) is 20.2 Å². The Morgan fingerprint density at radius 3 is 3.07 bits per heavy atom. The summed E-state index contributed by atoms with van der Waals surface area (Å²) in [6.07, 6.45) is 4.84. The van der Waals surface area contributed by atoms with Crippen LogP contribution in [0.25, 0.3) is 21.6 Å². The molecule has 0 radical (unpaired) electrons. The van der Waals surface area contributed by atoms with E-state index in [1.165, 1.54) is 22.2 Å². The number of nitrogens with zero attached hydrogens (tertiary/aromatic N) is 4. The van der Waals surface area contributed by atoms with Crippen molar-refractivity contribution in [2.45, 2.75) is 37.1 Å². The molecule has 0 fully saturated rings. The van der Waals surface area contributed by atoms with Gasteiger partial charge in [0.15, 0.2) is 11.0 Å². The predicted octanol–water partition coefficient (Wildman–Crippen LogP) is 3.46. The first-order chi connectivity index (χ1) is 13.1. The molecule has 1 aliphatic carbocycles. The Morgan fingerprint density at radius 1 is 1.37 bits per heavy atom. The van der Waals surface area contributed by atoms with E-state index in [1.54, 1.807) is 17.6 Å². The second-order valence-electron chi connectivity index (χ2n) is 6.59. The fourth-order valence-corrected chi connectivity index (χ4v) is 5.60. The standard InChI is InChI=1S/C18H17N5O2S2/c1-9-10(6-7-25-9)15-21-22-18(23(15)2)26-8-13-19-16(24)14-11-4-3-5-12(11)27-17(14)20-13/h6-7H,3-5,8H2,1-2H3,(H,19,20,24). The third-order valence-corrected chi connectivity index (χ3v) is 7.11. The molecular formula is C18H17N5O2S2. The second-order valence-corrected chi connectivity index (χ2v) is 8.62. The van der Waals surface area contributed by atoms with Gasteiger partial charge in [0.25, 0.3) is 5.56 Å². The first kappa shape index (κ1) is 16.8. The third-order valence-electron chi connectivity index (χ3n) is 4.90. The molecule has 9 heteroatoms. The zero-order chi connectivity index (χ0) is 18.5. The largest absolute Gasteiger partial charge is 0.469 e. The van der Waals surface area contributed by atoms with Crippen LogP contribution in [0.5, 0.6) is 0 Å². The number of thioether (sulfide) groups is 1. The zero-order valence-corrected chi connectivity index (χ0v) is 16.5. The van der Waals surface area contributed by atoms with Crippen LogP contribution in [0.15, 0.2) is 26.7 Å². The van der Waals surface area contributed by atoms with Crippen molar-refractivity contribution in [2.75, 3.05) is 0 Å². The highest BCUT2D eigenvalue weighted by Gasteiger charge is 2.21. The monoisotopic (exact) mass is 399 g/mol. The van der Waals surface area contributed by atoms with Crippen LogP contribution in [0.2, 0.25) is 0 Å². The van der Waals surface area contributed by atoms with Crippen LogP contribution < -0.4 is 5.56 Å². The number of nitrogens with one attached hydrogen (secondary N) is 1. The lowest BCUT2D eigenvalue weighted by Gasteiger charge is -2.03. The van der Waals surface area contributed by atoms with Crippen molar-refractivity contribution < 1.29 is 4.42 Å². The summed E-state index contributed by atoms with van der Waals surface area (Å²) in [4.78, 5) is 22.4. The van der Waals surface area contributed by atoms with Gasteiger partial charge in [0, 0.05) is 11.9 Å². The van der Waals surface area contributed by atoms with Crippen LogP contribution in [0, 0.1) is 6.92 Å². The van der Waals surface area contributed by atoms with Crippen LogP contribution >= 0.6 is 23.1 Å². The Morgan fingerprint density at radius 2 is 2.26 bits per heavy atom. The molecule has 4 aromatic heterocycles. The highest BCUT2D eigenvalue weighted by molar-refractivity contribution is 7.98. The summed E-state index contributed by atoms with van der Waals surface area (Å²) in [5, 5.41) is 10.1. The number of thiophene rings is 1. The molecule has 0 aromatic carbocycles. The maximum Gasteiger partial charge on any atom is 0.259 e. The van der Waals surface area contributed by atoms with Gasteiger partial charge in [0.05, 0.1) is 23.0 Å². The van der Waals surface area contributed by atoms with Crippen molar-refractivity contribution in [2.24, 2.45) is 7.05 Å². The number of rotatable bonds is 4. The maximum atomic E-state index is 12.6. The summed E-state index contributed by atoms with van der Waals surface area (Å²) >= 11 is 3.16. The van der Waals surface area contributed by atoms with Gasteiger partial charge in [-0.1, -0.05) is 11.8 Å². The van der Waals surface area contributed by atoms with Crippen molar-refractivity contribution in [3.63, 3.8) is 0 Å². The average molecular weight is 400 g/mol. The van der Waals surface area contributed by atoms with Gasteiger partial charge < -0.3 is 14.0 Å². The zero-order valence-electron chi connectivity index (χ0n) is 14.9. The van der Waals surface area contributed by atoms with E-state index in [4.69, 9.17) is 4.42 Å². The van der Waals surface area contributed by atoms with Crippen LogP contribution in [0.1, 0.15) is 28.4 Å². The first-order valence-corrected chi connectivity index (χ1v) is 10.5. The van der Waals surface area contributed by atoms with Gasteiger partial charge >= 0.3 is 0 Å². The van der Waals surface area contributed by atoms with Crippen molar-refractivity contribution in [1.82, 2.24) is 24.7 Å². The number of fused-ring (bicyclic) bond motifs is 3. The maximum absolute atomic E-state index is 12.6. The molecule has 0 spiro atoms. The molecule has 4 heterocycles. The smallest absolute Gasteiger partial charge is 0.259 e. The van der Waals surface area contributed by atoms with Gasteiger partial charge in [-0.3, -0.25) is 4.79 Å². The fourth-order valence-electron chi connectivity index (χ4n) is 3.54. The molecule has 4 aromatic rings. The van der Waals surface area contributed by atoms with Crippen LogP contribution in [-0.2, 0) is 25.6 Å². The normalized spacial score (nSPS) is 13.6. The number of aromatic nitrogens is 5. The van der Waals surface area contributed by atoms with Crippen molar-refractivity contribution in [3.8, 4) is 11.4 Å². The molecule has 27 heavy (non-hydrogen) atoms. The molecule has 1 aliphatic rings. The van der Waals surface area contributed by atoms with Gasteiger partial charge in [-0.15, -0.1) is 21.5 Å². The van der Waals surface area contributed by atoms with E-state index in [1.807, 2.05) is 24.6 Å². The highest BCUT2D eigenvalue weighted by atomic mass is 32.2. The summed E-state index contributed by atoms with van der Waals surface area (Å²) < 4.78 is 7.29. The lowest BCUT2D eigenvalue weighted by Crippen LogP contribution is -2.11. The van der Waals surface area contributed by atoms with Crippen LogP contribution in [0.3, 0.4) is 0 Å². The Balaban J connectivity index is 1.42. The summed E-state index contributed by atoms with van der Waals surface area (Å²) in [5.41, 5.74) is 2.11. The molecule has 138 valence electrons. The molecular weight excluding hydrogens is 382 g/mol. The minimum atomic E-state index is -0.0253. The molecule has 0 bridgehead atoms. The Labute approximate surface area is 162 Å². The molecule has 0 unspecified atom stereocenters. The lowest BCUT2D eigenvalue weighted by molar-refractivity contribution is 0.534. The molecule has 0 atom stereocenters. The number of hydrogen-bond acceptors (Lipinski definition) is 7. The number of aromatic amines is 1. The number of H-pyrrole nitrogens is 1. The third kappa shape index (κ3) is 2.72. The minimum Gasteiger partial charge on any atom is -0.469 e. The van der Waals surface area contributed by atoms with Crippen LogP contribution in [0.4, 0.5) is 0 Å². The highest BCUT2D eigenvalue weighted by Crippen LogP contribution is 2.35. The topological polar surface area (TPSA) is 89.6 Å².